The summed E-state index contributed by atoms with van der Waals surface area (Å²) in [5.74, 6) is 0.395. The zero-order valence-electron chi connectivity index (χ0n) is 18.7. The Labute approximate surface area is 182 Å². The molecule has 0 unspecified atom stereocenters. The van der Waals surface area contributed by atoms with Crippen molar-refractivity contribution >= 4 is 17.5 Å². The van der Waals surface area contributed by atoms with E-state index in [4.69, 9.17) is 4.52 Å². The van der Waals surface area contributed by atoms with E-state index in [1.165, 1.54) is 0 Å². The van der Waals surface area contributed by atoms with Crippen molar-refractivity contribution in [2.45, 2.75) is 52.5 Å². The number of carbonyl (C=O) groups excluding carboxylic acids is 2. The minimum absolute atomic E-state index is 0.165. The monoisotopic (exact) mass is 420 g/mol. The molecule has 7 nitrogen and oxygen atoms in total. The summed E-state index contributed by atoms with van der Waals surface area (Å²) < 4.78 is 5.41. The van der Waals surface area contributed by atoms with Crippen LogP contribution < -0.4 is 10.6 Å². The van der Waals surface area contributed by atoms with E-state index < -0.39 is 0 Å². The molecule has 2 N–H and O–H groups in total. The van der Waals surface area contributed by atoms with Crippen molar-refractivity contribution in [1.29, 1.82) is 0 Å². The highest BCUT2D eigenvalue weighted by Gasteiger charge is 2.24. The molecule has 0 aliphatic rings. The van der Waals surface area contributed by atoms with Crippen molar-refractivity contribution in [3.63, 3.8) is 0 Å². The summed E-state index contributed by atoms with van der Waals surface area (Å²) in [6.45, 7) is 11.7. The summed E-state index contributed by atoms with van der Waals surface area (Å²) in [7, 11) is 0. The SMILES string of the molecule is CC(C)(C)NC(=O)c1ccc(NC(=O)c2ccccc2-c2nc(C(C)(C)C)no2)cc1. The second kappa shape index (κ2) is 8.34. The van der Waals surface area contributed by atoms with Crippen molar-refractivity contribution in [3.05, 3.63) is 65.5 Å². The van der Waals surface area contributed by atoms with E-state index in [1.54, 1.807) is 42.5 Å². The standard InChI is InChI=1S/C24H28N4O3/c1-23(2,3)22-26-21(31-28-22)18-10-8-7-9-17(18)20(30)25-16-13-11-15(12-14-16)19(29)27-24(4,5)6/h7-14H,1-6H3,(H,25,30)(H,27,29). The van der Waals surface area contributed by atoms with Crippen LogP contribution in [-0.4, -0.2) is 27.5 Å². The molecule has 0 spiro atoms. The van der Waals surface area contributed by atoms with E-state index in [2.05, 4.69) is 20.8 Å². The Kier molecular flexibility index (Phi) is 5.97. The van der Waals surface area contributed by atoms with Crippen molar-refractivity contribution in [3.8, 4) is 11.5 Å². The first-order chi connectivity index (χ1) is 14.4. The predicted octanol–water partition coefficient (Wildman–Crippen LogP) is 4.81. The molecule has 31 heavy (non-hydrogen) atoms. The number of amides is 2. The van der Waals surface area contributed by atoms with Crippen molar-refractivity contribution < 1.29 is 14.1 Å². The van der Waals surface area contributed by atoms with Crippen molar-refractivity contribution in [2.24, 2.45) is 0 Å². The van der Waals surface area contributed by atoms with Gasteiger partial charge in [0.15, 0.2) is 5.82 Å². The van der Waals surface area contributed by atoms with Gasteiger partial charge in [-0.05, 0) is 57.2 Å². The van der Waals surface area contributed by atoms with Crippen molar-refractivity contribution in [2.75, 3.05) is 5.32 Å². The fourth-order valence-corrected chi connectivity index (χ4v) is 2.82. The van der Waals surface area contributed by atoms with E-state index in [-0.39, 0.29) is 22.8 Å². The first-order valence-corrected chi connectivity index (χ1v) is 10.1. The highest BCUT2D eigenvalue weighted by molar-refractivity contribution is 6.08. The first-order valence-electron chi connectivity index (χ1n) is 10.1. The van der Waals surface area contributed by atoms with Gasteiger partial charge in [0.05, 0.1) is 11.1 Å². The van der Waals surface area contributed by atoms with Gasteiger partial charge in [0.1, 0.15) is 0 Å². The normalized spacial score (nSPS) is 11.8. The first kappa shape index (κ1) is 22.2. The predicted molar refractivity (Wildman–Crippen MR) is 120 cm³/mol. The van der Waals surface area contributed by atoms with Gasteiger partial charge in [-0.2, -0.15) is 4.98 Å². The Morgan fingerprint density at radius 2 is 1.52 bits per heavy atom. The number of hydrogen-bond donors (Lipinski definition) is 2. The lowest BCUT2D eigenvalue weighted by atomic mass is 9.96. The maximum atomic E-state index is 12.9. The largest absolute Gasteiger partial charge is 0.347 e. The molecule has 1 aromatic heterocycles. The number of carbonyl (C=O) groups is 2. The highest BCUT2D eigenvalue weighted by Crippen LogP contribution is 2.26. The van der Waals surface area contributed by atoms with Crippen molar-refractivity contribution in [1.82, 2.24) is 15.5 Å². The van der Waals surface area contributed by atoms with Crippen LogP contribution in [0, 0.1) is 0 Å². The minimum Gasteiger partial charge on any atom is -0.347 e. The van der Waals surface area contributed by atoms with Gasteiger partial charge in [0.2, 0.25) is 0 Å². The molecule has 0 fully saturated rings. The number of rotatable bonds is 4. The van der Waals surface area contributed by atoms with Gasteiger partial charge in [0, 0.05) is 22.2 Å². The van der Waals surface area contributed by atoms with Crippen LogP contribution in [0.25, 0.3) is 11.5 Å². The van der Waals surface area contributed by atoms with Gasteiger partial charge in [-0.15, -0.1) is 0 Å². The van der Waals surface area contributed by atoms with Crippen LogP contribution in [0.15, 0.2) is 53.1 Å². The number of aromatic nitrogens is 2. The van der Waals surface area contributed by atoms with Crippen LogP contribution in [0.3, 0.4) is 0 Å². The molecule has 0 radical (unpaired) electrons. The van der Waals surface area contributed by atoms with Crippen LogP contribution in [-0.2, 0) is 5.41 Å². The zero-order chi connectivity index (χ0) is 22.8. The topological polar surface area (TPSA) is 97.1 Å². The van der Waals surface area contributed by atoms with Gasteiger partial charge in [0.25, 0.3) is 17.7 Å². The van der Waals surface area contributed by atoms with E-state index in [0.29, 0.717) is 34.1 Å². The number of nitrogens with one attached hydrogen (secondary N) is 2. The average Bonchev–Trinajstić information content (AvgIpc) is 3.18. The summed E-state index contributed by atoms with van der Waals surface area (Å²) in [4.78, 5) is 29.7. The minimum atomic E-state index is -0.324. The van der Waals surface area contributed by atoms with E-state index in [9.17, 15) is 9.59 Å². The molecule has 7 heteroatoms. The summed E-state index contributed by atoms with van der Waals surface area (Å²) >= 11 is 0. The molecule has 2 aromatic carbocycles. The van der Waals surface area contributed by atoms with Gasteiger partial charge in [-0.25, -0.2) is 0 Å². The lowest BCUT2D eigenvalue weighted by molar-refractivity contribution is 0.0919. The Morgan fingerprint density at radius 3 is 2.10 bits per heavy atom. The zero-order valence-corrected chi connectivity index (χ0v) is 18.7. The van der Waals surface area contributed by atoms with Gasteiger partial charge in [-0.1, -0.05) is 38.1 Å². The third-order valence-electron chi connectivity index (χ3n) is 4.39. The number of nitrogens with zero attached hydrogens (tertiary/aromatic N) is 2. The van der Waals surface area contributed by atoms with Crippen LogP contribution in [0.4, 0.5) is 5.69 Å². The molecule has 162 valence electrons. The summed E-state index contributed by atoms with van der Waals surface area (Å²) in [6, 6.07) is 13.8. The van der Waals surface area contributed by atoms with Crippen LogP contribution in [0.2, 0.25) is 0 Å². The third-order valence-corrected chi connectivity index (χ3v) is 4.39. The maximum Gasteiger partial charge on any atom is 0.258 e. The number of anilines is 1. The molecule has 0 aliphatic carbocycles. The molecule has 3 aromatic rings. The fourth-order valence-electron chi connectivity index (χ4n) is 2.82. The Bertz CT molecular complexity index is 1090. The number of hydrogen-bond acceptors (Lipinski definition) is 5. The Balaban J connectivity index is 1.79. The van der Waals surface area contributed by atoms with Gasteiger partial charge >= 0.3 is 0 Å². The second-order valence-electron chi connectivity index (χ2n) is 9.45. The smallest absolute Gasteiger partial charge is 0.258 e. The third kappa shape index (κ3) is 5.57. The quantitative estimate of drug-likeness (QED) is 0.631. The summed E-state index contributed by atoms with van der Waals surface area (Å²) in [5, 5.41) is 9.81. The fraction of sp³-hybridized carbons (Fsp3) is 0.333. The maximum absolute atomic E-state index is 12.9. The summed E-state index contributed by atoms with van der Waals surface area (Å²) in [6.07, 6.45) is 0. The lowest BCUT2D eigenvalue weighted by Crippen LogP contribution is -2.40. The molecular weight excluding hydrogens is 392 g/mol. The Hall–Kier alpha value is -3.48. The van der Waals surface area contributed by atoms with E-state index in [0.717, 1.165) is 0 Å². The van der Waals surface area contributed by atoms with E-state index in [1.807, 2.05) is 47.6 Å². The molecule has 1 heterocycles. The molecule has 2 amide bonds. The second-order valence-corrected chi connectivity index (χ2v) is 9.45. The summed E-state index contributed by atoms with van der Waals surface area (Å²) in [5.41, 5.74) is 1.49. The van der Waals surface area contributed by atoms with E-state index >= 15 is 0 Å². The van der Waals surface area contributed by atoms with Crippen LogP contribution in [0.1, 0.15) is 68.1 Å². The molecule has 0 saturated heterocycles. The average molecular weight is 421 g/mol. The van der Waals surface area contributed by atoms with Crippen LogP contribution in [0.5, 0.6) is 0 Å². The highest BCUT2D eigenvalue weighted by atomic mass is 16.5. The molecule has 0 saturated carbocycles. The molecular formula is C24H28N4O3. The number of benzene rings is 2. The molecule has 0 bridgehead atoms. The molecule has 0 aliphatic heterocycles. The van der Waals surface area contributed by atoms with Gasteiger partial charge < -0.3 is 15.2 Å². The Morgan fingerprint density at radius 1 is 0.871 bits per heavy atom. The molecule has 0 atom stereocenters. The molecule has 3 rings (SSSR count). The van der Waals surface area contributed by atoms with Crippen LogP contribution >= 0.6 is 0 Å². The lowest BCUT2D eigenvalue weighted by Gasteiger charge is -2.20. The van der Waals surface area contributed by atoms with Gasteiger partial charge in [-0.3, -0.25) is 9.59 Å².